The summed E-state index contributed by atoms with van der Waals surface area (Å²) in [7, 11) is 1.91. The summed E-state index contributed by atoms with van der Waals surface area (Å²) in [5, 5.41) is 12.3. The van der Waals surface area contributed by atoms with Crippen molar-refractivity contribution in [3.63, 3.8) is 0 Å². The summed E-state index contributed by atoms with van der Waals surface area (Å²) in [4.78, 5) is 16.7. The van der Waals surface area contributed by atoms with Crippen LogP contribution in [0.5, 0.6) is 0 Å². The number of hydrogen-bond acceptors (Lipinski definition) is 4. The molecule has 2 unspecified atom stereocenters. The molecule has 1 aromatic rings. The van der Waals surface area contributed by atoms with Gasteiger partial charge in [0.1, 0.15) is 0 Å². The van der Waals surface area contributed by atoms with Crippen LogP contribution in [0.2, 0.25) is 0 Å². The first-order chi connectivity index (χ1) is 11.5. The minimum Gasteiger partial charge on any atom is -0.393 e. The number of nitrogens with one attached hydrogen (secondary N) is 1. The highest BCUT2D eigenvalue weighted by molar-refractivity contribution is 5.94. The molecule has 5 heteroatoms. The van der Waals surface area contributed by atoms with Crippen LogP contribution >= 0.6 is 0 Å². The van der Waals surface area contributed by atoms with Crippen LogP contribution in [-0.2, 0) is 4.79 Å². The molecule has 5 nitrogen and oxygen atoms in total. The van der Waals surface area contributed by atoms with Crippen molar-refractivity contribution < 1.29 is 9.90 Å². The highest BCUT2D eigenvalue weighted by Crippen LogP contribution is 2.22. The van der Waals surface area contributed by atoms with Crippen molar-refractivity contribution in [1.82, 2.24) is 4.90 Å². The Kier molecular flexibility index (Phi) is 7.06. The van der Waals surface area contributed by atoms with Crippen LogP contribution in [0.15, 0.2) is 24.3 Å². The number of aliphatic hydroxyl groups excluding tert-OH is 1. The second kappa shape index (κ2) is 9.04. The zero-order valence-electron chi connectivity index (χ0n) is 15.2. The van der Waals surface area contributed by atoms with E-state index in [-0.39, 0.29) is 18.1 Å². The molecule has 134 valence electrons. The molecule has 1 aromatic carbocycles. The average molecular weight is 333 g/mol. The van der Waals surface area contributed by atoms with Crippen LogP contribution in [0, 0.1) is 0 Å². The van der Waals surface area contributed by atoms with Gasteiger partial charge in [0.25, 0.3) is 0 Å². The van der Waals surface area contributed by atoms with Gasteiger partial charge in [0, 0.05) is 31.0 Å². The minimum atomic E-state index is -0.343. The highest BCUT2D eigenvalue weighted by Gasteiger charge is 2.18. The van der Waals surface area contributed by atoms with E-state index in [0.717, 1.165) is 18.8 Å². The quantitative estimate of drug-likeness (QED) is 0.805. The third kappa shape index (κ3) is 5.49. The second-order valence-electron chi connectivity index (χ2n) is 6.88. The largest absolute Gasteiger partial charge is 0.393 e. The number of likely N-dealkylation sites (N-methyl/N-ethyl adjacent to an activating group) is 1. The maximum absolute atomic E-state index is 12.4. The SMILES string of the molecule is CC(O)CCN(C)C(C)C(=O)Nc1ccc(N2CCCCC2)cc1. The maximum Gasteiger partial charge on any atom is 0.241 e. The van der Waals surface area contributed by atoms with Crippen LogP contribution in [0.3, 0.4) is 0 Å². The van der Waals surface area contributed by atoms with Gasteiger partial charge in [0.15, 0.2) is 0 Å². The number of nitrogens with zero attached hydrogens (tertiary/aromatic N) is 2. The second-order valence-corrected chi connectivity index (χ2v) is 6.88. The molecule has 0 bridgehead atoms. The summed E-state index contributed by atoms with van der Waals surface area (Å²) in [5.74, 6) is -0.0196. The molecular weight excluding hydrogens is 302 g/mol. The molecule has 2 rings (SSSR count). The number of piperidine rings is 1. The van der Waals surface area contributed by atoms with Gasteiger partial charge in [-0.05, 0) is 70.8 Å². The molecule has 0 aliphatic carbocycles. The summed E-state index contributed by atoms with van der Waals surface area (Å²) in [5.41, 5.74) is 2.06. The van der Waals surface area contributed by atoms with E-state index in [1.165, 1.54) is 24.9 Å². The minimum absolute atomic E-state index is 0.0196. The molecule has 0 saturated carbocycles. The Morgan fingerprint density at radius 1 is 1.21 bits per heavy atom. The molecule has 1 amide bonds. The molecule has 1 heterocycles. The van der Waals surface area contributed by atoms with Gasteiger partial charge < -0.3 is 15.3 Å². The molecular formula is C19H31N3O2. The van der Waals surface area contributed by atoms with E-state index in [9.17, 15) is 9.90 Å². The number of anilines is 2. The molecule has 1 saturated heterocycles. The van der Waals surface area contributed by atoms with Crippen LogP contribution < -0.4 is 10.2 Å². The summed E-state index contributed by atoms with van der Waals surface area (Å²) < 4.78 is 0. The molecule has 1 aliphatic heterocycles. The van der Waals surface area contributed by atoms with E-state index in [1.54, 1.807) is 6.92 Å². The lowest BCUT2D eigenvalue weighted by Gasteiger charge is -2.29. The first-order valence-corrected chi connectivity index (χ1v) is 9.01. The van der Waals surface area contributed by atoms with E-state index < -0.39 is 0 Å². The molecule has 1 aliphatic rings. The van der Waals surface area contributed by atoms with Crippen LogP contribution in [0.4, 0.5) is 11.4 Å². The Labute approximate surface area is 145 Å². The topological polar surface area (TPSA) is 55.8 Å². The Bertz CT molecular complexity index is 510. The lowest BCUT2D eigenvalue weighted by Crippen LogP contribution is -2.40. The summed E-state index contributed by atoms with van der Waals surface area (Å²) in [6.07, 6.45) is 4.16. The summed E-state index contributed by atoms with van der Waals surface area (Å²) in [6, 6.07) is 7.89. The molecule has 0 aromatic heterocycles. The van der Waals surface area contributed by atoms with Gasteiger partial charge in [-0.15, -0.1) is 0 Å². The van der Waals surface area contributed by atoms with Gasteiger partial charge in [0.2, 0.25) is 5.91 Å². The molecule has 0 spiro atoms. The van der Waals surface area contributed by atoms with Crippen molar-refractivity contribution in [3.05, 3.63) is 24.3 Å². The summed E-state index contributed by atoms with van der Waals surface area (Å²) >= 11 is 0. The highest BCUT2D eigenvalue weighted by atomic mass is 16.3. The third-order valence-electron chi connectivity index (χ3n) is 4.80. The van der Waals surface area contributed by atoms with Gasteiger partial charge in [-0.3, -0.25) is 9.69 Å². The van der Waals surface area contributed by atoms with E-state index in [1.807, 2.05) is 31.0 Å². The lowest BCUT2D eigenvalue weighted by atomic mass is 10.1. The smallest absolute Gasteiger partial charge is 0.241 e. The Balaban J connectivity index is 1.86. The van der Waals surface area contributed by atoms with E-state index in [2.05, 4.69) is 22.3 Å². The zero-order valence-corrected chi connectivity index (χ0v) is 15.2. The van der Waals surface area contributed by atoms with Crippen molar-refractivity contribution >= 4 is 17.3 Å². The van der Waals surface area contributed by atoms with Crippen LogP contribution in [0.1, 0.15) is 39.5 Å². The van der Waals surface area contributed by atoms with Gasteiger partial charge in [-0.1, -0.05) is 0 Å². The average Bonchev–Trinajstić information content (AvgIpc) is 2.60. The van der Waals surface area contributed by atoms with E-state index >= 15 is 0 Å². The normalized spacial score (nSPS) is 17.6. The predicted molar refractivity (Wildman–Crippen MR) is 99.5 cm³/mol. The van der Waals surface area contributed by atoms with Crippen molar-refractivity contribution in [2.75, 3.05) is 36.9 Å². The van der Waals surface area contributed by atoms with Crippen molar-refractivity contribution in [2.24, 2.45) is 0 Å². The fourth-order valence-corrected chi connectivity index (χ4v) is 2.94. The van der Waals surface area contributed by atoms with Gasteiger partial charge in [-0.25, -0.2) is 0 Å². The van der Waals surface area contributed by atoms with Gasteiger partial charge in [0.05, 0.1) is 12.1 Å². The fourth-order valence-electron chi connectivity index (χ4n) is 2.94. The molecule has 2 atom stereocenters. The Morgan fingerprint density at radius 2 is 1.83 bits per heavy atom. The first-order valence-electron chi connectivity index (χ1n) is 9.01. The monoisotopic (exact) mass is 333 g/mol. The van der Waals surface area contributed by atoms with E-state index in [4.69, 9.17) is 0 Å². The Morgan fingerprint density at radius 3 is 2.42 bits per heavy atom. The van der Waals surface area contributed by atoms with Crippen molar-refractivity contribution in [1.29, 1.82) is 0 Å². The third-order valence-corrected chi connectivity index (χ3v) is 4.80. The number of aliphatic hydroxyl groups is 1. The number of rotatable bonds is 7. The predicted octanol–water partition coefficient (Wildman–Crippen LogP) is 2.71. The first kappa shape index (κ1) is 18.7. The van der Waals surface area contributed by atoms with E-state index in [0.29, 0.717) is 13.0 Å². The molecule has 24 heavy (non-hydrogen) atoms. The van der Waals surface area contributed by atoms with Crippen LogP contribution in [-0.4, -0.2) is 54.7 Å². The standard InChI is InChI=1S/C19H31N3O2/c1-15(23)11-14-21(3)16(2)19(24)20-17-7-9-18(10-8-17)22-12-5-4-6-13-22/h7-10,15-16,23H,4-6,11-14H2,1-3H3,(H,20,24). The Hall–Kier alpha value is -1.59. The number of amides is 1. The van der Waals surface area contributed by atoms with Crippen molar-refractivity contribution in [2.45, 2.75) is 51.7 Å². The lowest BCUT2D eigenvalue weighted by molar-refractivity contribution is -0.120. The summed E-state index contributed by atoms with van der Waals surface area (Å²) in [6.45, 7) is 6.59. The number of carbonyl (C=O) groups is 1. The molecule has 0 radical (unpaired) electrons. The molecule has 1 fully saturated rings. The zero-order chi connectivity index (χ0) is 17.5. The van der Waals surface area contributed by atoms with Crippen molar-refractivity contribution in [3.8, 4) is 0 Å². The van der Waals surface area contributed by atoms with Crippen LogP contribution in [0.25, 0.3) is 0 Å². The van der Waals surface area contributed by atoms with Gasteiger partial charge in [-0.2, -0.15) is 0 Å². The fraction of sp³-hybridized carbons (Fsp3) is 0.632. The maximum atomic E-state index is 12.4. The number of benzene rings is 1. The number of carbonyl (C=O) groups excluding carboxylic acids is 1. The van der Waals surface area contributed by atoms with Gasteiger partial charge >= 0.3 is 0 Å². The number of hydrogen-bond donors (Lipinski definition) is 2. The molecule has 2 N–H and O–H groups in total.